The van der Waals surface area contributed by atoms with Crippen LogP contribution in [0.5, 0.6) is 5.75 Å². The van der Waals surface area contributed by atoms with E-state index in [9.17, 15) is 9.59 Å². The highest BCUT2D eigenvalue weighted by Gasteiger charge is 2.33. The Labute approximate surface area is 207 Å². The second kappa shape index (κ2) is 11.6. The molecule has 4 rings (SSSR count). The van der Waals surface area contributed by atoms with E-state index in [-0.39, 0.29) is 17.9 Å². The number of methoxy groups -OCH3 is 1. The first-order chi connectivity index (χ1) is 17.1. The number of ether oxygens (including phenoxy) is 1. The van der Waals surface area contributed by atoms with Crippen molar-refractivity contribution in [2.24, 2.45) is 5.92 Å². The van der Waals surface area contributed by atoms with Gasteiger partial charge in [-0.1, -0.05) is 54.6 Å². The molecule has 1 saturated heterocycles. The van der Waals surface area contributed by atoms with Gasteiger partial charge in [0.25, 0.3) is 5.91 Å². The van der Waals surface area contributed by atoms with Gasteiger partial charge in [-0.2, -0.15) is 0 Å². The summed E-state index contributed by atoms with van der Waals surface area (Å²) >= 11 is 0. The van der Waals surface area contributed by atoms with E-state index in [0.29, 0.717) is 31.1 Å². The number of likely N-dealkylation sites (tertiary alicyclic amines) is 1. The number of carbonyl (C=O) groups is 2. The molecule has 1 aromatic heterocycles. The minimum Gasteiger partial charge on any atom is -0.496 e. The van der Waals surface area contributed by atoms with Crippen LogP contribution in [-0.4, -0.2) is 59.9 Å². The maximum atomic E-state index is 13.2. The van der Waals surface area contributed by atoms with Crippen LogP contribution in [-0.2, 0) is 17.6 Å². The fourth-order valence-electron chi connectivity index (χ4n) is 4.95. The predicted octanol–water partition coefficient (Wildman–Crippen LogP) is 4.25. The first-order valence-electron chi connectivity index (χ1n) is 12.2. The van der Waals surface area contributed by atoms with Crippen molar-refractivity contribution in [3.8, 4) is 5.75 Å². The molecule has 6 heteroatoms. The van der Waals surface area contributed by atoms with E-state index in [1.165, 1.54) is 5.56 Å². The molecular weight excluding hydrogens is 438 g/mol. The molecule has 0 spiro atoms. The lowest BCUT2D eigenvalue weighted by atomic mass is 9.84. The molecule has 182 valence electrons. The third kappa shape index (κ3) is 6.07. The largest absolute Gasteiger partial charge is 0.496 e. The molecular formula is C29H33N3O3. The zero-order chi connectivity index (χ0) is 24.6. The number of pyridine rings is 1. The Hall–Kier alpha value is -3.67. The van der Waals surface area contributed by atoms with E-state index < -0.39 is 0 Å². The van der Waals surface area contributed by atoms with Crippen molar-refractivity contribution in [3.63, 3.8) is 0 Å². The third-order valence-electron chi connectivity index (χ3n) is 6.96. The Morgan fingerprint density at radius 2 is 1.69 bits per heavy atom. The predicted molar refractivity (Wildman–Crippen MR) is 136 cm³/mol. The van der Waals surface area contributed by atoms with Crippen molar-refractivity contribution < 1.29 is 14.3 Å². The van der Waals surface area contributed by atoms with E-state index in [1.54, 1.807) is 19.4 Å². The van der Waals surface area contributed by atoms with Gasteiger partial charge >= 0.3 is 0 Å². The summed E-state index contributed by atoms with van der Waals surface area (Å²) in [6.07, 6.45) is 4.47. The maximum absolute atomic E-state index is 13.2. The van der Waals surface area contributed by atoms with Crippen LogP contribution >= 0.6 is 0 Å². The van der Waals surface area contributed by atoms with Crippen LogP contribution in [0.4, 0.5) is 0 Å². The molecule has 1 fully saturated rings. The van der Waals surface area contributed by atoms with Crippen molar-refractivity contribution in [2.75, 3.05) is 27.2 Å². The standard InChI is InChI=1S/C29H33N3O3/c1-31(29(34)25-13-8-9-17-30-25)26(20-22-10-4-3-5-11-22)23-15-18-32(19-16-23)28(33)21-24-12-6-7-14-27(24)35-2/h3-14,17,23,26H,15-16,18-21H2,1-2H3/t26-/m1/s1. The van der Waals surface area contributed by atoms with Crippen LogP contribution in [0.25, 0.3) is 0 Å². The fraction of sp³-hybridized carbons (Fsp3) is 0.345. The average molecular weight is 472 g/mol. The molecule has 1 aliphatic rings. The molecule has 0 saturated carbocycles. The lowest BCUT2D eigenvalue weighted by molar-refractivity contribution is -0.132. The lowest BCUT2D eigenvalue weighted by Crippen LogP contribution is -2.48. The van der Waals surface area contributed by atoms with Crippen molar-refractivity contribution in [2.45, 2.75) is 31.7 Å². The molecule has 1 atom stereocenters. The quantitative estimate of drug-likeness (QED) is 0.493. The fourth-order valence-corrected chi connectivity index (χ4v) is 4.95. The summed E-state index contributed by atoms with van der Waals surface area (Å²) in [5.41, 5.74) is 2.56. The van der Waals surface area contributed by atoms with Crippen LogP contribution in [0.15, 0.2) is 79.0 Å². The van der Waals surface area contributed by atoms with Gasteiger partial charge in [-0.3, -0.25) is 14.6 Å². The summed E-state index contributed by atoms with van der Waals surface area (Å²) in [4.78, 5) is 34.3. The zero-order valence-corrected chi connectivity index (χ0v) is 20.5. The van der Waals surface area contributed by atoms with Gasteiger partial charge in [0.05, 0.1) is 13.5 Å². The number of hydrogen-bond donors (Lipinski definition) is 0. The lowest BCUT2D eigenvalue weighted by Gasteiger charge is -2.40. The van der Waals surface area contributed by atoms with Crippen LogP contribution in [0.2, 0.25) is 0 Å². The monoisotopic (exact) mass is 471 g/mol. The van der Waals surface area contributed by atoms with Crippen molar-refractivity contribution in [1.29, 1.82) is 0 Å². The highest BCUT2D eigenvalue weighted by molar-refractivity contribution is 5.92. The van der Waals surface area contributed by atoms with E-state index >= 15 is 0 Å². The maximum Gasteiger partial charge on any atom is 0.272 e. The summed E-state index contributed by atoms with van der Waals surface area (Å²) < 4.78 is 5.41. The molecule has 2 aromatic carbocycles. The van der Waals surface area contributed by atoms with Crippen molar-refractivity contribution in [1.82, 2.24) is 14.8 Å². The van der Waals surface area contributed by atoms with Crippen molar-refractivity contribution in [3.05, 3.63) is 95.8 Å². The molecule has 0 radical (unpaired) electrons. The number of hydrogen-bond acceptors (Lipinski definition) is 4. The number of aromatic nitrogens is 1. The van der Waals surface area contributed by atoms with E-state index in [0.717, 1.165) is 30.6 Å². The first-order valence-corrected chi connectivity index (χ1v) is 12.2. The van der Waals surface area contributed by atoms with Gasteiger partial charge in [0.1, 0.15) is 11.4 Å². The second-order valence-corrected chi connectivity index (χ2v) is 9.09. The SMILES string of the molecule is COc1ccccc1CC(=O)N1CCC([C@@H](Cc2ccccc2)N(C)C(=O)c2ccccn2)CC1. The van der Waals surface area contributed by atoms with E-state index in [2.05, 4.69) is 17.1 Å². The van der Waals surface area contributed by atoms with Crippen LogP contribution < -0.4 is 4.74 Å². The molecule has 1 aliphatic heterocycles. The second-order valence-electron chi connectivity index (χ2n) is 9.09. The smallest absolute Gasteiger partial charge is 0.272 e. The molecule has 6 nitrogen and oxygen atoms in total. The Bertz CT molecular complexity index is 1110. The molecule has 2 amide bonds. The van der Waals surface area contributed by atoms with Gasteiger partial charge in [-0.05, 0) is 48.9 Å². The topological polar surface area (TPSA) is 62.7 Å². The van der Waals surface area contributed by atoms with Crippen LogP contribution in [0.1, 0.15) is 34.5 Å². The van der Waals surface area contributed by atoms with Gasteiger partial charge in [-0.25, -0.2) is 0 Å². The molecule has 0 unspecified atom stereocenters. The summed E-state index contributed by atoms with van der Waals surface area (Å²) in [5.74, 6) is 1.09. The molecule has 0 aliphatic carbocycles. The molecule has 3 aromatic rings. The number of piperidine rings is 1. The van der Waals surface area contributed by atoms with E-state index in [1.807, 2.05) is 71.4 Å². The summed E-state index contributed by atoms with van der Waals surface area (Å²) in [6, 6.07) is 23.4. The number of para-hydroxylation sites is 1. The average Bonchev–Trinajstić information content (AvgIpc) is 2.92. The van der Waals surface area contributed by atoms with Gasteiger partial charge in [-0.15, -0.1) is 0 Å². The summed E-state index contributed by atoms with van der Waals surface area (Å²) in [7, 11) is 3.51. The third-order valence-corrected chi connectivity index (χ3v) is 6.96. The zero-order valence-electron chi connectivity index (χ0n) is 20.5. The molecule has 35 heavy (non-hydrogen) atoms. The van der Waals surface area contributed by atoms with Crippen molar-refractivity contribution >= 4 is 11.8 Å². The number of rotatable bonds is 8. The number of amides is 2. The molecule has 0 bridgehead atoms. The van der Waals surface area contributed by atoms with Crippen LogP contribution in [0.3, 0.4) is 0 Å². The minimum absolute atomic E-state index is 0.0263. The number of nitrogens with zero attached hydrogens (tertiary/aromatic N) is 3. The highest BCUT2D eigenvalue weighted by Crippen LogP contribution is 2.28. The molecule has 0 N–H and O–H groups in total. The minimum atomic E-state index is -0.0683. The normalized spacial score (nSPS) is 14.9. The number of carbonyl (C=O) groups excluding carboxylic acids is 2. The van der Waals surface area contributed by atoms with Crippen LogP contribution in [0, 0.1) is 5.92 Å². The van der Waals surface area contributed by atoms with E-state index in [4.69, 9.17) is 4.74 Å². The Kier molecular flexibility index (Phi) is 8.14. The summed E-state index contributed by atoms with van der Waals surface area (Å²) in [5, 5.41) is 0. The summed E-state index contributed by atoms with van der Waals surface area (Å²) in [6.45, 7) is 1.38. The number of benzene rings is 2. The van der Waals surface area contributed by atoms with Gasteiger partial charge in [0, 0.05) is 37.9 Å². The van der Waals surface area contributed by atoms with Gasteiger partial charge in [0.15, 0.2) is 0 Å². The molecule has 2 heterocycles. The Balaban J connectivity index is 1.45. The Morgan fingerprint density at radius 3 is 2.37 bits per heavy atom. The first kappa shape index (κ1) is 24.5. The highest BCUT2D eigenvalue weighted by atomic mass is 16.5. The Morgan fingerprint density at radius 1 is 1.00 bits per heavy atom. The van der Waals surface area contributed by atoms with Gasteiger partial charge < -0.3 is 14.5 Å². The van der Waals surface area contributed by atoms with Gasteiger partial charge in [0.2, 0.25) is 5.91 Å². The number of likely N-dealkylation sites (N-methyl/N-ethyl adjacent to an activating group) is 1.